The van der Waals surface area contributed by atoms with Crippen molar-refractivity contribution in [3.8, 4) is 0 Å². The van der Waals surface area contributed by atoms with E-state index >= 15 is 0 Å². The van der Waals surface area contributed by atoms with Gasteiger partial charge in [-0.05, 0) is 37.3 Å². The number of nitrogens with two attached hydrogens (primary N) is 2. The van der Waals surface area contributed by atoms with Crippen LogP contribution >= 0.6 is 0 Å². The molecule has 2 aromatic carbocycles. The smallest absolute Gasteiger partial charge is 0.238 e. The predicted octanol–water partition coefficient (Wildman–Crippen LogP) is 2.11. The van der Waals surface area contributed by atoms with Crippen LogP contribution in [-0.4, -0.2) is 8.42 Å². The third kappa shape index (κ3) is 2.89. The van der Waals surface area contributed by atoms with Crippen LogP contribution in [0.25, 0.3) is 0 Å². The SMILES string of the molecule is Cc1c(F)cccc1Nc1cc(S(N)(=O)=O)ccc1N. The molecule has 0 radical (unpaired) electrons. The van der Waals surface area contributed by atoms with E-state index in [1.54, 1.807) is 19.1 Å². The van der Waals surface area contributed by atoms with Crippen molar-refractivity contribution >= 4 is 27.1 Å². The highest BCUT2D eigenvalue weighted by atomic mass is 32.2. The molecule has 2 aromatic rings. The molecule has 0 aromatic heterocycles. The third-order valence-electron chi connectivity index (χ3n) is 2.89. The lowest BCUT2D eigenvalue weighted by Gasteiger charge is -2.13. The van der Waals surface area contributed by atoms with Gasteiger partial charge in [0.15, 0.2) is 0 Å². The normalized spacial score (nSPS) is 11.3. The largest absolute Gasteiger partial charge is 0.397 e. The molecule has 7 heteroatoms. The monoisotopic (exact) mass is 295 g/mol. The first-order valence-electron chi connectivity index (χ1n) is 5.73. The average molecular weight is 295 g/mol. The Kier molecular flexibility index (Phi) is 3.65. The van der Waals surface area contributed by atoms with Crippen molar-refractivity contribution in [1.29, 1.82) is 0 Å². The molecule has 0 atom stereocenters. The molecular formula is C13H14FN3O2S. The van der Waals surface area contributed by atoms with Gasteiger partial charge in [-0.25, -0.2) is 17.9 Å². The number of benzene rings is 2. The third-order valence-corrected chi connectivity index (χ3v) is 3.80. The molecule has 0 saturated heterocycles. The molecule has 5 N–H and O–H groups in total. The highest BCUT2D eigenvalue weighted by Crippen LogP contribution is 2.28. The lowest BCUT2D eigenvalue weighted by atomic mass is 10.1. The van der Waals surface area contributed by atoms with E-state index in [-0.39, 0.29) is 10.7 Å². The van der Waals surface area contributed by atoms with Crippen molar-refractivity contribution in [2.75, 3.05) is 11.1 Å². The van der Waals surface area contributed by atoms with Gasteiger partial charge < -0.3 is 11.1 Å². The predicted molar refractivity (Wildman–Crippen MR) is 76.6 cm³/mol. The van der Waals surface area contributed by atoms with E-state index < -0.39 is 10.0 Å². The molecule has 0 amide bonds. The van der Waals surface area contributed by atoms with Gasteiger partial charge in [-0.2, -0.15) is 0 Å². The summed E-state index contributed by atoms with van der Waals surface area (Å²) in [6, 6.07) is 8.61. The van der Waals surface area contributed by atoms with E-state index in [2.05, 4.69) is 5.32 Å². The first kappa shape index (κ1) is 14.3. The van der Waals surface area contributed by atoms with Gasteiger partial charge in [0.1, 0.15) is 5.82 Å². The summed E-state index contributed by atoms with van der Waals surface area (Å²) in [4.78, 5) is -0.0664. The van der Waals surface area contributed by atoms with Crippen LogP contribution in [0.3, 0.4) is 0 Å². The quantitative estimate of drug-likeness (QED) is 0.755. The van der Waals surface area contributed by atoms with E-state index in [4.69, 9.17) is 10.9 Å². The van der Waals surface area contributed by atoms with E-state index in [9.17, 15) is 12.8 Å². The summed E-state index contributed by atoms with van der Waals surface area (Å²) in [6.07, 6.45) is 0. The molecule has 0 fully saturated rings. The fourth-order valence-corrected chi connectivity index (χ4v) is 2.25. The highest BCUT2D eigenvalue weighted by Gasteiger charge is 2.11. The molecule has 5 nitrogen and oxygen atoms in total. The van der Waals surface area contributed by atoms with Gasteiger partial charge in [0, 0.05) is 11.3 Å². The molecule has 0 aliphatic carbocycles. The number of hydrogen-bond donors (Lipinski definition) is 3. The van der Waals surface area contributed by atoms with Crippen LogP contribution in [0.15, 0.2) is 41.3 Å². The lowest BCUT2D eigenvalue weighted by molar-refractivity contribution is 0.598. The minimum absolute atomic E-state index is 0.0664. The van der Waals surface area contributed by atoms with Gasteiger partial charge in [-0.15, -0.1) is 0 Å². The summed E-state index contributed by atoms with van der Waals surface area (Å²) in [6.45, 7) is 1.61. The highest BCUT2D eigenvalue weighted by molar-refractivity contribution is 7.89. The van der Waals surface area contributed by atoms with Crippen molar-refractivity contribution in [1.82, 2.24) is 0 Å². The second-order valence-electron chi connectivity index (χ2n) is 4.33. The summed E-state index contributed by atoms with van der Waals surface area (Å²) in [5.74, 6) is -0.365. The van der Waals surface area contributed by atoms with Gasteiger partial charge >= 0.3 is 0 Å². The molecule has 20 heavy (non-hydrogen) atoms. The van der Waals surface area contributed by atoms with Gasteiger partial charge in [-0.3, -0.25) is 0 Å². The zero-order valence-electron chi connectivity index (χ0n) is 10.7. The van der Waals surface area contributed by atoms with Crippen LogP contribution in [0.5, 0.6) is 0 Å². The molecule has 0 aliphatic rings. The Hall–Kier alpha value is -2.12. The topological polar surface area (TPSA) is 98.2 Å². The molecule has 106 valence electrons. The van der Waals surface area contributed by atoms with Crippen molar-refractivity contribution in [2.24, 2.45) is 5.14 Å². The summed E-state index contributed by atoms with van der Waals surface area (Å²) in [5, 5.41) is 7.98. The number of primary sulfonamides is 1. The van der Waals surface area contributed by atoms with Gasteiger partial charge in [0.2, 0.25) is 10.0 Å². The minimum atomic E-state index is -3.82. The Morgan fingerprint density at radius 3 is 2.50 bits per heavy atom. The van der Waals surface area contributed by atoms with Crippen molar-refractivity contribution < 1.29 is 12.8 Å². The molecule has 0 heterocycles. The van der Waals surface area contributed by atoms with Gasteiger partial charge in [0.05, 0.1) is 16.3 Å². The average Bonchev–Trinajstić information content (AvgIpc) is 2.36. The van der Waals surface area contributed by atoms with Crippen LogP contribution in [-0.2, 0) is 10.0 Å². The number of hydrogen-bond acceptors (Lipinski definition) is 4. The van der Waals surface area contributed by atoms with E-state index in [0.29, 0.717) is 22.6 Å². The summed E-state index contributed by atoms with van der Waals surface area (Å²) in [7, 11) is -3.82. The van der Waals surface area contributed by atoms with E-state index in [1.165, 1.54) is 24.3 Å². The Morgan fingerprint density at radius 1 is 1.15 bits per heavy atom. The first-order chi connectivity index (χ1) is 9.29. The van der Waals surface area contributed by atoms with E-state index in [0.717, 1.165) is 0 Å². The molecule has 0 spiro atoms. The first-order valence-corrected chi connectivity index (χ1v) is 7.28. The zero-order valence-corrected chi connectivity index (χ0v) is 11.5. The summed E-state index contributed by atoms with van der Waals surface area (Å²) in [5.41, 5.74) is 7.38. The molecule has 2 rings (SSSR count). The maximum atomic E-state index is 13.5. The van der Waals surface area contributed by atoms with Crippen LogP contribution in [0.2, 0.25) is 0 Å². The van der Waals surface area contributed by atoms with Crippen LogP contribution in [0.1, 0.15) is 5.56 Å². The Bertz CT molecular complexity index is 760. The molecule has 0 aliphatic heterocycles. The number of rotatable bonds is 3. The lowest BCUT2D eigenvalue weighted by Crippen LogP contribution is -2.12. The van der Waals surface area contributed by atoms with E-state index in [1.807, 2.05) is 0 Å². The Labute approximate surface area is 116 Å². The molecular weight excluding hydrogens is 281 g/mol. The van der Waals surface area contributed by atoms with Crippen molar-refractivity contribution in [2.45, 2.75) is 11.8 Å². The van der Waals surface area contributed by atoms with Crippen LogP contribution < -0.4 is 16.2 Å². The Morgan fingerprint density at radius 2 is 1.85 bits per heavy atom. The standard InChI is InChI=1S/C13H14FN3O2S/c1-8-10(14)3-2-4-12(8)17-13-7-9(20(16,18)19)5-6-11(13)15/h2-7,17H,15H2,1H3,(H2,16,18,19). The van der Waals surface area contributed by atoms with Crippen LogP contribution in [0.4, 0.5) is 21.5 Å². The minimum Gasteiger partial charge on any atom is -0.397 e. The molecule has 0 bridgehead atoms. The van der Waals surface area contributed by atoms with Crippen LogP contribution in [0, 0.1) is 12.7 Å². The molecule has 0 saturated carbocycles. The second kappa shape index (κ2) is 5.10. The number of nitrogens with one attached hydrogen (secondary N) is 1. The Balaban J connectivity index is 2.46. The number of nitrogen functional groups attached to an aromatic ring is 1. The molecule has 0 unspecified atom stereocenters. The second-order valence-corrected chi connectivity index (χ2v) is 5.89. The fourth-order valence-electron chi connectivity index (χ4n) is 1.71. The summed E-state index contributed by atoms with van der Waals surface area (Å²) < 4.78 is 36.1. The number of anilines is 3. The van der Waals surface area contributed by atoms with Crippen molar-refractivity contribution in [3.63, 3.8) is 0 Å². The maximum Gasteiger partial charge on any atom is 0.238 e. The zero-order chi connectivity index (χ0) is 14.9. The maximum absolute atomic E-state index is 13.5. The van der Waals surface area contributed by atoms with Gasteiger partial charge in [-0.1, -0.05) is 6.07 Å². The number of sulfonamides is 1. The van der Waals surface area contributed by atoms with Crippen molar-refractivity contribution in [3.05, 3.63) is 47.8 Å². The van der Waals surface area contributed by atoms with Gasteiger partial charge in [0.25, 0.3) is 0 Å². The number of halogens is 1. The summed E-state index contributed by atoms with van der Waals surface area (Å²) >= 11 is 0. The fraction of sp³-hybridized carbons (Fsp3) is 0.0769.